The molecule has 8 heteroatoms. The number of nitrogens with zero attached hydrogens (tertiary/aromatic N) is 1. The van der Waals surface area contributed by atoms with Gasteiger partial charge in [0, 0.05) is 25.7 Å². The van der Waals surface area contributed by atoms with E-state index in [1.165, 1.54) is 17.7 Å². The number of nitrogens with one attached hydrogen (secondary N) is 1. The van der Waals surface area contributed by atoms with E-state index in [9.17, 15) is 18.0 Å². The number of sulfonamides is 1. The van der Waals surface area contributed by atoms with Crippen LogP contribution in [0.2, 0.25) is 0 Å². The molecule has 7 nitrogen and oxygen atoms in total. The molecule has 3 rings (SSSR count). The summed E-state index contributed by atoms with van der Waals surface area (Å²) in [6, 6.07) is 16.4. The van der Waals surface area contributed by atoms with Gasteiger partial charge in [0.1, 0.15) is 0 Å². The Labute approximate surface area is 201 Å². The molecule has 34 heavy (non-hydrogen) atoms. The van der Waals surface area contributed by atoms with Gasteiger partial charge >= 0.3 is 5.97 Å². The van der Waals surface area contributed by atoms with E-state index in [2.05, 4.69) is 5.32 Å². The van der Waals surface area contributed by atoms with Crippen molar-refractivity contribution in [3.05, 3.63) is 71.8 Å². The lowest BCUT2D eigenvalue weighted by Crippen LogP contribution is -2.31. The standard InChI is InChI=1S/C26H32N2O5S/c29-25(27-18-8-11-22-9-4-3-5-10-22)21-33-26(30)17-14-23-12-15-24(16-13-23)34(31,32)28-19-6-1-2-7-20-28/h3-5,9-10,12-17H,1-2,6-8,11,18-21H2,(H,27,29)/b17-14+. The minimum absolute atomic E-state index is 0.248. The fourth-order valence-corrected chi connectivity index (χ4v) is 5.26. The number of aryl methyl sites for hydroxylation is 1. The number of esters is 1. The molecule has 182 valence electrons. The van der Waals surface area contributed by atoms with Crippen LogP contribution in [0.4, 0.5) is 0 Å². The van der Waals surface area contributed by atoms with Crippen molar-refractivity contribution < 1.29 is 22.7 Å². The van der Waals surface area contributed by atoms with Gasteiger partial charge < -0.3 is 10.1 Å². The highest BCUT2D eigenvalue weighted by Gasteiger charge is 2.24. The van der Waals surface area contributed by atoms with Crippen LogP contribution >= 0.6 is 0 Å². The van der Waals surface area contributed by atoms with Crippen LogP contribution in [-0.2, 0) is 30.8 Å². The Morgan fingerprint density at radius 3 is 2.29 bits per heavy atom. The molecule has 1 fully saturated rings. The van der Waals surface area contributed by atoms with Gasteiger partial charge in [-0.25, -0.2) is 13.2 Å². The first-order chi connectivity index (χ1) is 16.4. The zero-order valence-electron chi connectivity index (χ0n) is 19.3. The fraction of sp³-hybridized carbons (Fsp3) is 0.385. The largest absolute Gasteiger partial charge is 0.452 e. The molecule has 1 N–H and O–H groups in total. The van der Waals surface area contributed by atoms with Crippen LogP contribution in [0, 0.1) is 0 Å². The molecule has 0 aromatic heterocycles. The van der Waals surface area contributed by atoms with E-state index in [4.69, 9.17) is 4.74 Å². The van der Waals surface area contributed by atoms with Crippen molar-refractivity contribution in [2.75, 3.05) is 26.2 Å². The predicted octanol–water partition coefficient (Wildman–Crippen LogP) is 3.56. The van der Waals surface area contributed by atoms with Crippen molar-refractivity contribution in [2.45, 2.75) is 43.4 Å². The Kier molecular flexibility index (Phi) is 9.85. The van der Waals surface area contributed by atoms with Crippen molar-refractivity contribution in [1.29, 1.82) is 0 Å². The van der Waals surface area contributed by atoms with Crippen molar-refractivity contribution in [2.24, 2.45) is 0 Å². The van der Waals surface area contributed by atoms with Gasteiger partial charge in [0.15, 0.2) is 6.61 Å². The Balaban J connectivity index is 1.39. The minimum atomic E-state index is -3.50. The van der Waals surface area contributed by atoms with Gasteiger partial charge in [-0.15, -0.1) is 0 Å². The predicted molar refractivity (Wildman–Crippen MR) is 131 cm³/mol. The van der Waals surface area contributed by atoms with Crippen LogP contribution in [0.3, 0.4) is 0 Å². The highest BCUT2D eigenvalue weighted by Crippen LogP contribution is 2.21. The first kappa shape index (κ1) is 25.6. The van der Waals surface area contributed by atoms with Crippen molar-refractivity contribution in [1.82, 2.24) is 9.62 Å². The lowest BCUT2D eigenvalue weighted by Gasteiger charge is -2.19. The van der Waals surface area contributed by atoms with Gasteiger partial charge in [0.25, 0.3) is 5.91 Å². The molecular formula is C26H32N2O5S. The summed E-state index contributed by atoms with van der Waals surface area (Å²) >= 11 is 0. The molecule has 1 aliphatic rings. The Bertz CT molecular complexity index is 1060. The van der Waals surface area contributed by atoms with Crippen LogP contribution in [0.15, 0.2) is 65.6 Å². The van der Waals surface area contributed by atoms with E-state index >= 15 is 0 Å². The summed E-state index contributed by atoms with van der Waals surface area (Å²) in [6.07, 6.45) is 8.30. The number of carbonyl (C=O) groups excluding carboxylic acids is 2. The second-order valence-corrected chi connectivity index (χ2v) is 10.2. The van der Waals surface area contributed by atoms with E-state index in [1.807, 2.05) is 30.3 Å². The summed E-state index contributed by atoms with van der Waals surface area (Å²) in [5.74, 6) is -0.987. The van der Waals surface area contributed by atoms with Gasteiger partial charge in [0.2, 0.25) is 10.0 Å². The molecule has 0 aliphatic carbocycles. The maximum atomic E-state index is 12.8. The third-order valence-electron chi connectivity index (χ3n) is 5.65. The van der Waals surface area contributed by atoms with E-state index in [0.717, 1.165) is 38.5 Å². The topological polar surface area (TPSA) is 92.8 Å². The monoisotopic (exact) mass is 484 g/mol. The molecule has 0 spiro atoms. The average molecular weight is 485 g/mol. The third-order valence-corrected chi connectivity index (χ3v) is 7.56. The first-order valence-corrected chi connectivity index (χ1v) is 13.1. The van der Waals surface area contributed by atoms with Gasteiger partial charge in [-0.3, -0.25) is 4.79 Å². The Morgan fingerprint density at radius 1 is 0.941 bits per heavy atom. The lowest BCUT2D eigenvalue weighted by molar-refractivity contribution is -0.143. The van der Waals surface area contributed by atoms with Crippen LogP contribution in [0.25, 0.3) is 6.08 Å². The maximum absolute atomic E-state index is 12.8. The third kappa shape index (κ3) is 8.11. The highest BCUT2D eigenvalue weighted by molar-refractivity contribution is 7.89. The average Bonchev–Trinajstić information content (AvgIpc) is 3.15. The summed E-state index contributed by atoms with van der Waals surface area (Å²) in [6.45, 7) is 1.27. The first-order valence-electron chi connectivity index (χ1n) is 11.7. The molecule has 1 heterocycles. The Hall–Kier alpha value is -2.97. The second kappa shape index (κ2) is 13.1. The van der Waals surface area contributed by atoms with Gasteiger partial charge in [0.05, 0.1) is 4.90 Å². The minimum Gasteiger partial charge on any atom is -0.452 e. The van der Waals surface area contributed by atoms with Gasteiger partial charge in [-0.05, 0) is 55.0 Å². The number of carbonyl (C=O) groups is 2. The van der Waals surface area contributed by atoms with E-state index in [0.29, 0.717) is 25.2 Å². The second-order valence-electron chi connectivity index (χ2n) is 8.27. The zero-order valence-corrected chi connectivity index (χ0v) is 20.1. The van der Waals surface area contributed by atoms with Crippen LogP contribution in [0.5, 0.6) is 0 Å². The summed E-state index contributed by atoms with van der Waals surface area (Å²) in [5.41, 5.74) is 1.87. The normalized spacial score (nSPS) is 15.1. The molecule has 2 aromatic rings. The molecule has 1 saturated heterocycles. The van der Waals surface area contributed by atoms with Gasteiger partial charge in [-0.2, -0.15) is 4.31 Å². The summed E-state index contributed by atoms with van der Waals surface area (Å²) in [4.78, 5) is 24.0. The maximum Gasteiger partial charge on any atom is 0.331 e. The molecular weight excluding hydrogens is 452 g/mol. The fourth-order valence-electron chi connectivity index (χ4n) is 3.75. The summed E-state index contributed by atoms with van der Waals surface area (Å²) in [7, 11) is -3.50. The van der Waals surface area contributed by atoms with E-state index in [1.54, 1.807) is 28.6 Å². The molecule has 0 saturated carbocycles. The molecule has 1 amide bonds. The van der Waals surface area contributed by atoms with E-state index in [-0.39, 0.29) is 17.4 Å². The Morgan fingerprint density at radius 2 is 1.62 bits per heavy atom. The zero-order chi connectivity index (χ0) is 24.2. The van der Waals surface area contributed by atoms with Crippen LogP contribution in [-0.4, -0.2) is 50.8 Å². The van der Waals surface area contributed by atoms with Crippen molar-refractivity contribution in [3.63, 3.8) is 0 Å². The van der Waals surface area contributed by atoms with Crippen molar-refractivity contribution >= 4 is 28.0 Å². The number of rotatable bonds is 10. The van der Waals surface area contributed by atoms with Crippen LogP contribution < -0.4 is 5.32 Å². The van der Waals surface area contributed by atoms with E-state index < -0.39 is 16.0 Å². The number of benzene rings is 2. The molecule has 0 radical (unpaired) electrons. The SMILES string of the molecule is O=C(COC(=O)/C=C/c1ccc(S(=O)(=O)N2CCCCCC2)cc1)NCCCc1ccccc1. The van der Waals surface area contributed by atoms with Gasteiger partial charge in [-0.1, -0.05) is 55.3 Å². The lowest BCUT2D eigenvalue weighted by atomic mass is 10.1. The smallest absolute Gasteiger partial charge is 0.331 e. The number of amides is 1. The number of hydrogen-bond acceptors (Lipinski definition) is 5. The molecule has 1 aliphatic heterocycles. The quantitative estimate of drug-likeness (QED) is 0.316. The summed E-state index contributed by atoms with van der Waals surface area (Å²) in [5, 5.41) is 2.73. The molecule has 0 unspecified atom stereocenters. The number of ether oxygens (including phenoxy) is 1. The molecule has 2 aromatic carbocycles. The molecule has 0 atom stereocenters. The molecule has 0 bridgehead atoms. The van der Waals surface area contributed by atoms with Crippen molar-refractivity contribution in [3.8, 4) is 0 Å². The summed E-state index contributed by atoms with van der Waals surface area (Å²) < 4.78 is 32.2. The van der Waals surface area contributed by atoms with Crippen LogP contribution in [0.1, 0.15) is 43.2 Å². The highest BCUT2D eigenvalue weighted by atomic mass is 32.2. The number of hydrogen-bond donors (Lipinski definition) is 1.